The zero-order valence-corrected chi connectivity index (χ0v) is 17.4. The summed E-state index contributed by atoms with van der Waals surface area (Å²) >= 11 is 0. The van der Waals surface area contributed by atoms with Crippen molar-refractivity contribution in [3.63, 3.8) is 0 Å². The van der Waals surface area contributed by atoms with Gasteiger partial charge in [-0.25, -0.2) is 0 Å². The lowest BCUT2D eigenvalue weighted by Gasteiger charge is -2.14. The molecule has 4 aromatic rings. The number of carbonyl (C=O) groups is 1. The zero-order valence-electron chi connectivity index (χ0n) is 17.4. The molecule has 0 radical (unpaired) electrons. The van der Waals surface area contributed by atoms with Crippen molar-refractivity contribution in [1.82, 2.24) is 0 Å². The lowest BCUT2D eigenvalue weighted by atomic mass is 10.0. The second-order valence-corrected chi connectivity index (χ2v) is 6.98. The van der Waals surface area contributed by atoms with Gasteiger partial charge in [0.1, 0.15) is 5.58 Å². The monoisotopic (exact) mass is 415 g/mol. The van der Waals surface area contributed by atoms with Crippen LogP contribution in [0.3, 0.4) is 0 Å². The average Bonchev–Trinajstić information content (AvgIpc) is 2.80. The Hall–Kier alpha value is -4.06. The summed E-state index contributed by atoms with van der Waals surface area (Å²) in [6.07, 6.45) is 0. The lowest BCUT2D eigenvalue weighted by Crippen LogP contribution is -2.16. The molecule has 0 aliphatic rings. The quantitative estimate of drug-likeness (QED) is 0.494. The fourth-order valence-electron chi connectivity index (χ4n) is 3.46. The molecule has 0 bridgehead atoms. The van der Waals surface area contributed by atoms with Gasteiger partial charge in [-0.3, -0.25) is 14.9 Å². The standard InChI is InChI=1S/C25H21NO5/c1-15-8-7-11-18-22(27)21(17-12-13-19(29-2)20(14-17)30-3)25(31-23(15)18)26-24(28)16-9-5-4-6-10-16/h4-14H,1-3H3,(H,26,28). The van der Waals surface area contributed by atoms with Gasteiger partial charge in [-0.15, -0.1) is 0 Å². The van der Waals surface area contributed by atoms with Crippen LogP contribution in [0, 0.1) is 6.92 Å². The highest BCUT2D eigenvalue weighted by Gasteiger charge is 2.21. The molecule has 3 aromatic carbocycles. The molecule has 1 heterocycles. The number of benzene rings is 3. The first-order chi connectivity index (χ1) is 15.0. The van der Waals surface area contributed by atoms with E-state index in [1.807, 2.05) is 19.1 Å². The van der Waals surface area contributed by atoms with E-state index in [0.29, 0.717) is 33.6 Å². The van der Waals surface area contributed by atoms with E-state index in [1.54, 1.807) is 54.6 Å². The molecule has 0 saturated heterocycles. The first-order valence-corrected chi connectivity index (χ1v) is 9.68. The molecule has 1 N–H and O–H groups in total. The smallest absolute Gasteiger partial charge is 0.257 e. The van der Waals surface area contributed by atoms with E-state index in [4.69, 9.17) is 13.9 Å². The van der Waals surface area contributed by atoms with E-state index in [2.05, 4.69) is 5.32 Å². The third-order valence-electron chi connectivity index (χ3n) is 5.05. The number of rotatable bonds is 5. The summed E-state index contributed by atoms with van der Waals surface area (Å²) in [6, 6.07) is 19.2. The molecule has 156 valence electrons. The highest BCUT2D eigenvalue weighted by atomic mass is 16.5. The third kappa shape index (κ3) is 3.75. The first-order valence-electron chi connectivity index (χ1n) is 9.68. The van der Waals surface area contributed by atoms with Gasteiger partial charge in [0.25, 0.3) is 5.91 Å². The fraction of sp³-hybridized carbons (Fsp3) is 0.120. The van der Waals surface area contributed by atoms with Crippen molar-refractivity contribution in [3.8, 4) is 22.6 Å². The van der Waals surface area contributed by atoms with Crippen molar-refractivity contribution < 1.29 is 18.7 Å². The van der Waals surface area contributed by atoms with Gasteiger partial charge in [0.2, 0.25) is 11.3 Å². The zero-order chi connectivity index (χ0) is 22.0. The van der Waals surface area contributed by atoms with E-state index in [-0.39, 0.29) is 22.8 Å². The van der Waals surface area contributed by atoms with E-state index in [9.17, 15) is 9.59 Å². The first kappa shape index (κ1) is 20.2. The number of hydrogen-bond acceptors (Lipinski definition) is 5. The van der Waals surface area contributed by atoms with Crippen LogP contribution in [0.25, 0.3) is 22.1 Å². The molecular formula is C25H21NO5. The number of ether oxygens (including phenoxy) is 2. The number of carbonyl (C=O) groups excluding carboxylic acids is 1. The van der Waals surface area contributed by atoms with Gasteiger partial charge in [-0.05, 0) is 48.4 Å². The van der Waals surface area contributed by atoms with Crippen LogP contribution in [-0.2, 0) is 0 Å². The Bertz CT molecular complexity index is 1330. The Balaban J connectivity index is 1.95. The van der Waals surface area contributed by atoms with Crippen LogP contribution >= 0.6 is 0 Å². The molecule has 0 aliphatic carbocycles. The number of aryl methyl sites for hydroxylation is 1. The molecule has 31 heavy (non-hydrogen) atoms. The van der Waals surface area contributed by atoms with Crippen LogP contribution < -0.4 is 20.2 Å². The van der Waals surface area contributed by atoms with Crippen molar-refractivity contribution in [2.75, 3.05) is 19.5 Å². The second-order valence-electron chi connectivity index (χ2n) is 6.98. The highest BCUT2D eigenvalue weighted by Crippen LogP contribution is 2.35. The Labute approximate surface area is 179 Å². The van der Waals surface area contributed by atoms with Crippen LogP contribution in [0.5, 0.6) is 11.5 Å². The largest absolute Gasteiger partial charge is 0.493 e. The predicted molar refractivity (Wildman–Crippen MR) is 120 cm³/mol. The number of hydrogen-bond donors (Lipinski definition) is 1. The van der Waals surface area contributed by atoms with Crippen LogP contribution in [0.2, 0.25) is 0 Å². The van der Waals surface area contributed by atoms with Crippen LogP contribution in [-0.4, -0.2) is 20.1 Å². The SMILES string of the molecule is COc1ccc(-c2c(NC(=O)c3ccccc3)oc3c(C)cccc3c2=O)cc1OC. The number of methoxy groups -OCH3 is 2. The molecule has 6 nitrogen and oxygen atoms in total. The number of fused-ring (bicyclic) bond motifs is 1. The predicted octanol–water partition coefficient (Wildman–Crippen LogP) is 5.04. The molecule has 1 amide bonds. The average molecular weight is 415 g/mol. The van der Waals surface area contributed by atoms with Gasteiger partial charge in [0.05, 0.1) is 25.2 Å². The number of nitrogens with one attached hydrogen (secondary N) is 1. The Morgan fingerprint density at radius 3 is 2.35 bits per heavy atom. The van der Waals surface area contributed by atoms with E-state index in [1.165, 1.54) is 14.2 Å². The van der Waals surface area contributed by atoms with Gasteiger partial charge < -0.3 is 13.9 Å². The van der Waals surface area contributed by atoms with E-state index in [0.717, 1.165) is 5.56 Å². The number of amides is 1. The topological polar surface area (TPSA) is 77.8 Å². The maximum Gasteiger partial charge on any atom is 0.257 e. The molecule has 0 saturated carbocycles. The number of para-hydroxylation sites is 1. The minimum atomic E-state index is -0.376. The minimum Gasteiger partial charge on any atom is -0.493 e. The molecule has 0 unspecified atom stereocenters. The molecule has 0 fully saturated rings. The Morgan fingerprint density at radius 1 is 0.903 bits per heavy atom. The van der Waals surface area contributed by atoms with Crippen molar-refractivity contribution in [1.29, 1.82) is 0 Å². The summed E-state index contributed by atoms with van der Waals surface area (Å²) in [7, 11) is 3.06. The molecule has 0 spiro atoms. The second kappa shape index (κ2) is 8.36. The van der Waals surface area contributed by atoms with Gasteiger partial charge in [0.15, 0.2) is 11.5 Å². The van der Waals surface area contributed by atoms with Gasteiger partial charge in [-0.1, -0.05) is 36.4 Å². The molecule has 0 atom stereocenters. The maximum atomic E-state index is 13.5. The lowest BCUT2D eigenvalue weighted by molar-refractivity contribution is 0.102. The third-order valence-corrected chi connectivity index (χ3v) is 5.05. The Morgan fingerprint density at radius 2 is 1.65 bits per heavy atom. The van der Waals surface area contributed by atoms with Crippen LogP contribution in [0.1, 0.15) is 15.9 Å². The summed E-state index contributed by atoms with van der Waals surface area (Å²) in [4.78, 5) is 26.3. The maximum absolute atomic E-state index is 13.5. The summed E-state index contributed by atoms with van der Waals surface area (Å²) in [5.41, 5.74) is 2.21. The summed E-state index contributed by atoms with van der Waals surface area (Å²) < 4.78 is 16.8. The fourth-order valence-corrected chi connectivity index (χ4v) is 3.46. The summed E-state index contributed by atoms with van der Waals surface area (Å²) in [5.74, 6) is 0.692. The molecule has 1 aromatic heterocycles. The van der Waals surface area contributed by atoms with Crippen LogP contribution in [0.15, 0.2) is 75.9 Å². The van der Waals surface area contributed by atoms with Gasteiger partial charge >= 0.3 is 0 Å². The normalized spacial score (nSPS) is 10.7. The molecule has 6 heteroatoms. The van der Waals surface area contributed by atoms with Gasteiger partial charge in [-0.2, -0.15) is 0 Å². The van der Waals surface area contributed by atoms with E-state index < -0.39 is 0 Å². The van der Waals surface area contributed by atoms with E-state index >= 15 is 0 Å². The Kier molecular flexibility index (Phi) is 5.45. The molecule has 0 aliphatic heterocycles. The van der Waals surface area contributed by atoms with Crippen molar-refractivity contribution >= 4 is 22.8 Å². The summed E-state index contributed by atoms with van der Waals surface area (Å²) in [5, 5.41) is 3.21. The minimum absolute atomic E-state index is 0.0767. The van der Waals surface area contributed by atoms with Crippen molar-refractivity contribution in [3.05, 3.63) is 88.1 Å². The van der Waals surface area contributed by atoms with Gasteiger partial charge in [0, 0.05) is 5.56 Å². The summed E-state index contributed by atoms with van der Waals surface area (Å²) in [6.45, 7) is 1.85. The molecule has 4 rings (SSSR count). The van der Waals surface area contributed by atoms with Crippen molar-refractivity contribution in [2.24, 2.45) is 0 Å². The highest BCUT2D eigenvalue weighted by molar-refractivity contribution is 6.06. The van der Waals surface area contributed by atoms with Crippen molar-refractivity contribution in [2.45, 2.75) is 6.92 Å². The van der Waals surface area contributed by atoms with Crippen LogP contribution in [0.4, 0.5) is 5.88 Å². The molecular weight excluding hydrogens is 394 g/mol. The number of anilines is 1.